The van der Waals surface area contributed by atoms with Gasteiger partial charge < -0.3 is 14.5 Å². The van der Waals surface area contributed by atoms with Crippen molar-refractivity contribution in [1.29, 1.82) is 0 Å². The molecule has 1 atom stereocenters. The maximum Gasteiger partial charge on any atom is 0.225 e. The Bertz CT molecular complexity index is 628. The standard InChI is InChI=1S/C20H32N4O2/c1-4-6-7-16(5-2)20(25)24-9-8-18-17(14-24)19(22-15(3)21-18)23-10-12-26-13-11-23/h16H,4-14H2,1-3H3. The molecule has 0 aliphatic carbocycles. The Balaban J connectivity index is 1.81. The van der Waals surface area contributed by atoms with Crippen LogP contribution in [-0.4, -0.2) is 53.6 Å². The summed E-state index contributed by atoms with van der Waals surface area (Å²) < 4.78 is 5.49. The minimum Gasteiger partial charge on any atom is -0.378 e. The molecule has 1 fully saturated rings. The number of carbonyl (C=O) groups excluding carboxylic acids is 1. The lowest BCUT2D eigenvalue weighted by molar-refractivity contribution is -0.136. The third kappa shape index (κ3) is 4.17. The van der Waals surface area contributed by atoms with Gasteiger partial charge in [-0.2, -0.15) is 0 Å². The molecule has 0 N–H and O–H groups in total. The van der Waals surface area contributed by atoms with Crippen molar-refractivity contribution < 1.29 is 9.53 Å². The summed E-state index contributed by atoms with van der Waals surface area (Å²) >= 11 is 0. The molecule has 144 valence electrons. The van der Waals surface area contributed by atoms with Crippen LogP contribution >= 0.6 is 0 Å². The number of nitrogens with zero attached hydrogens (tertiary/aromatic N) is 4. The number of aryl methyl sites for hydroxylation is 1. The lowest BCUT2D eigenvalue weighted by Crippen LogP contribution is -2.42. The Morgan fingerprint density at radius 2 is 1.96 bits per heavy atom. The molecule has 3 heterocycles. The number of rotatable bonds is 6. The summed E-state index contributed by atoms with van der Waals surface area (Å²) in [6.45, 7) is 10.8. The van der Waals surface area contributed by atoms with Gasteiger partial charge in [0, 0.05) is 37.5 Å². The fraction of sp³-hybridized carbons (Fsp3) is 0.750. The number of morpholine rings is 1. The van der Waals surface area contributed by atoms with Crippen molar-refractivity contribution in [2.24, 2.45) is 5.92 Å². The molecule has 0 saturated carbocycles. The van der Waals surface area contributed by atoms with Gasteiger partial charge in [0.25, 0.3) is 0 Å². The van der Waals surface area contributed by atoms with E-state index in [1.54, 1.807) is 0 Å². The highest BCUT2D eigenvalue weighted by molar-refractivity contribution is 5.79. The van der Waals surface area contributed by atoms with Crippen molar-refractivity contribution in [2.75, 3.05) is 37.7 Å². The Hall–Kier alpha value is -1.69. The number of amides is 1. The van der Waals surface area contributed by atoms with Crippen LogP contribution in [0.15, 0.2) is 0 Å². The van der Waals surface area contributed by atoms with Crippen molar-refractivity contribution in [3.8, 4) is 0 Å². The number of unbranched alkanes of at least 4 members (excludes halogenated alkanes) is 1. The van der Waals surface area contributed by atoms with Crippen LogP contribution in [0.1, 0.15) is 56.6 Å². The molecule has 1 saturated heterocycles. The molecule has 6 heteroatoms. The number of aromatic nitrogens is 2. The molecule has 0 radical (unpaired) electrons. The molecule has 6 nitrogen and oxygen atoms in total. The minimum atomic E-state index is 0.148. The van der Waals surface area contributed by atoms with E-state index in [9.17, 15) is 4.79 Å². The Morgan fingerprint density at radius 1 is 1.19 bits per heavy atom. The second-order valence-electron chi connectivity index (χ2n) is 7.38. The molecule has 2 aliphatic rings. The van der Waals surface area contributed by atoms with Crippen molar-refractivity contribution in [1.82, 2.24) is 14.9 Å². The summed E-state index contributed by atoms with van der Waals surface area (Å²) in [5.41, 5.74) is 2.26. The van der Waals surface area contributed by atoms with E-state index in [4.69, 9.17) is 9.72 Å². The zero-order chi connectivity index (χ0) is 18.5. The van der Waals surface area contributed by atoms with E-state index in [2.05, 4.69) is 23.7 Å². The van der Waals surface area contributed by atoms with Crippen LogP contribution < -0.4 is 4.90 Å². The first-order valence-electron chi connectivity index (χ1n) is 10.1. The van der Waals surface area contributed by atoms with Crippen LogP contribution in [0.5, 0.6) is 0 Å². The van der Waals surface area contributed by atoms with E-state index in [0.29, 0.717) is 12.5 Å². The Morgan fingerprint density at radius 3 is 2.65 bits per heavy atom. The lowest BCUT2D eigenvalue weighted by Gasteiger charge is -2.35. The van der Waals surface area contributed by atoms with Gasteiger partial charge in [0.05, 0.1) is 25.5 Å². The maximum absolute atomic E-state index is 13.1. The van der Waals surface area contributed by atoms with Gasteiger partial charge in [-0.05, 0) is 19.8 Å². The van der Waals surface area contributed by atoms with Gasteiger partial charge >= 0.3 is 0 Å². The monoisotopic (exact) mass is 360 g/mol. The lowest BCUT2D eigenvalue weighted by atomic mass is 9.96. The van der Waals surface area contributed by atoms with Crippen molar-refractivity contribution >= 4 is 11.7 Å². The zero-order valence-electron chi connectivity index (χ0n) is 16.5. The Kier molecular flexibility index (Phi) is 6.46. The molecular weight excluding hydrogens is 328 g/mol. The normalized spacial score (nSPS) is 18.6. The highest BCUT2D eigenvalue weighted by atomic mass is 16.5. The molecule has 26 heavy (non-hydrogen) atoms. The predicted molar refractivity (Wildman–Crippen MR) is 102 cm³/mol. The van der Waals surface area contributed by atoms with Gasteiger partial charge in [0.15, 0.2) is 0 Å². The van der Waals surface area contributed by atoms with E-state index < -0.39 is 0 Å². The number of hydrogen-bond donors (Lipinski definition) is 0. The number of fused-ring (bicyclic) bond motifs is 1. The number of carbonyl (C=O) groups is 1. The van der Waals surface area contributed by atoms with Gasteiger partial charge in [-0.1, -0.05) is 26.7 Å². The van der Waals surface area contributed by atoms with Gasteiger partial charge in [-0.15, -0.1) is 0 Å². The third-order valence-electron chi connectivity index (χ3n) is 5.52. The number of hydrogen-bond acceptors (Lipinski definition) is 5. The van der Waals surface area contributed by atoms with Crippen LogP contribution in [0.4, 0.5) is 5.82 Å². The van der Waals surface area contributed by atoms with E-state index >= 15 is 0 Å². The molecule has 0 aromatic carbocycles. The van der Waals surface area contributed by atoms with Crippen LogP contribution in [0.3, 0.4) is 0 Å². The summed E-state index contributed by atoms with van der Waals surface area (Å²) in [4.78, 5) is 26.8. The largest absolute Gasteiger partial charge is 0.378 e. The van der Waals surface area contributed by atoms with Crippen LogP contribution in [-0.2, 0) is 22.5 Å². The van der Waals surface area contributed by atoms with Crippen LogP contribution in [0, 0.1) is 12.8 Å². The first-order chi connectivity index (χ1) is 12.6. The fourth-order valence-corrected chi connectivity index (χ4v) is 3.95. The fourth-order valence-electron chi connectivity index (χ4n) is 3.95. The van der Waals surface area contributed by atoms with Gasteiger partial charge in [0.2, 0.25) is 5.91 Å². The summed E-state index contributed by atoms with van der Waals surface area (Å²) in [7, 11) is 0. The van der Waals surface area contributed by atoms with E-state index in [1.807, 2.05) is 11.8 Å². The molecule has 3 rings (SSSR count). The first-order valence-corrected chi connectivity index (χ1v) is 10.1. The number of anilines is 1. The van der Waals surface area contributed by atoms with Gasteiger partial charge in [-0.3, -0.25) is 4.79 Å². The molecular formula is C20H32N4O2. The molecule has 0 spiro atoms. The van der Waals surface area contributed by atoms with Crippen molar-refractivity contribution in [2.45, 2.75) is 59.4 Å². The topological polar surface area (TPSA) is 58.6 Å². The maximum atomic E-state index is 13.1. The summed E-state index contributed by atoms with van der Waals surface area (Å²) in [6, 6.07) is 0. The SMILES string of the molecule is CCCCC(CC)C(=O)N1CCc2nc(C)nc(N3CCOCC3)c2C1. The smallest absolute Gasteiger partial charge is 0.225 e. The van der Waals surface area contributed by atoms with Crippen LogP contribution in [0.2, 0.25) is 0 Å². The molecule has 1 amide bonds. The Labute approximate surface area is 156 Å². The number of ether oxygens (including phenoxy) is 1. The molecule has 2 aliphatic heterocycles. The highest BCUT2D eigenvalue weighted by Gasteiger charge is 2.30. The quantitative estimate of drug-likeness (QED) is 0.781. The first kappa shape index (κ1) is 19.1. The average Bonchev–Trinajstić information content (AvgIpc) is 2.68. The minimum absolute atomic E-state index is 0.148. The summed E-state index contributed by atoms with van der Waals surface area (Å²) in [5, 5.41) is 0. The molecule has 0 bridgehead atoms. The summed E-state index contributed by atoms with van der Waals surface area (Å²) in [5.74, 6) is 2.28. The molecule has 1 aromatic rings. The molecule has 1 aromatic heterocycles. The van der Waals surface area contributed by atoms with E-state index in [1.165, 1.54) is 0 Å². The van der Waals surface area contributed by atoms with Crippen molar-refractivity contribution in [3.05, 3.63) is 17.1 Å². The predicted octanol–water partition coefficient (Wildman–Crippen LogP) is 2.72. The second-order valence-corrected chi connectivity index (χ2v) is 7.38. The highest BCUT2D eigenvalue weighted by Crippen LogP contribution is 2.29. The molecule has 1 unspecified atom stereocenters. The van der Waals surface area contributed by atoms with E-state index in [-0.39, 0.29) is 5.92 Å². The van der Waals surface area contributed by atoms with Crippen LogP contribution in [0.25, 0.3) is 0 Å². The van der Waals surface area contributed by atoms with Gasteiger partial charge in [0.1, 0.15) is 11.6 Å². The van der Waals surface area contributed by atoms with E-state index in [0.717, 1.165) is 87.9 Å². The zero-order valence-corrected chi connectivity index (χ0v) is 16.5. The summed E-state index contributed by atoms with van der Waals surface area (Å²) in [6.07, 6.45) is 5.00. The average molecular weight is 361 g/mol. The van der Waals surface area contributed by atoms with Crippen molar-refractivity contribution in [3.63, 3.8) is 0 Å². The second kappa shape index (κ2) is 8.80. The third-order valence-corrected chi connectivity index (χ3v) is 5.52. The van der Waals surface area contributed by atoms with Gasteiger partial charge in [-0.25, -0.2) is 9.97 Å².